The lowest BCUT2D eigenvalue weighted by atomic mass is 10.2. The number of anilines is 2. The van der Waals surface area contributed by atoms with E-state index in [1.54, 1.807) is 11.1 Å². The number of carbonyl (C=O) groups excluding carboxylic acids is 2. The second-order valence-electron chi connectivity index (χ2n) is 8.40. The van der Waals surface area contributed by atoms with Crippen molar-refractivity contribution in [2.75, 3.05) is 36.0 Å². The third kappa shape index (κ3) is 4.36. The second kappa shape index (κ2) is 10.0. The van der Waals surface area contributed by atoms with Crippen LogP contribution in [0.25, 0.3) is 11.4 Å². The van der Waals surface area contributed by atoms with Crippen molar-refractivity contribution in [3.63, 3.8) is 0 Å². The Balaban J connectivity index is 1.42. The number of benzene rings is 2. The van der Waals surface area contributed by atoms with E-state index < -0.39 is 6.17 Å². The van der Waals surface area contributed by atoms with E-state index in [1.165, 1.54) is 4.90 Å². The van der Waals surface area contributed by atoms with Gasteiger partial charge in [0.05, 0.1) is 19.4 Å². The Morgan fingerprint density at radius 1 is 1.03 bits per heavy atom. The zero-order valence-corrected chi connectivity index (χ0v) is 18.9. The van der Waals surface area contributed by atoms with Gasteiger partial charge >= 0.3 is 6.03 Å². The van der Waals surface area contributed by atoms with Crippen molar-refractivity contribution < 1.29 is 14.3 Å². The Hall–Kier alpha value is -3.78. The first kappa shape index (κ1) is 22.0. The first-order chi connectivity index (χ1) is 16.8. The molecule has 0 saturated carbocycles. The Morgan fingerprint density at radius 2 is 1.74 bits per heavy atom. The van der Waals surface area contributed by atoms with Gasteiger partial charge in [-0.2, -0.15) is 0 Å². The number of likely N-dealkylation sites (tertiary alicyclic amines) is 1. The molecule has 2 aromatic carbocycles. The average Bonchev–Trinajstić information content (AvgIpc) is 3.54. The molecule has 0 bridgehead atoms. The maximum absolute atomic E-state index is 13.4. The van der Waals surface area contributed by atoms with E-state index in [2.05, 4.69) is 4.98 Å². The maximum atomic E-state index is 13.4. The molecule has 8 nitrogen and oxygen atoms in total. The number of carbonyl (C=O) groups is 2. The minimum atomic E-state index is -0.788. The summed E-state index contributed by atoms with van der Waals surface area (Å²) in [6, 6.07) is 19.4. The molecule has 0 radical (unpaired) electrons. The fourth-order valence-corrected chi connectivity index (χ4v) is 4.46. The van der Waals surface area contributed by atoms with Crippen molar-refractivity contribution in [2.24, 2.45) is 0 Å². The average molecular weight is 458 g/mol. The van der Waals surface area contributed by atoms with E-state index >= 15 is 0 Å². The highest BCUT2D eigenvalue weighted by molar-refractivity contribution is 6.03. The molecule has 0 aliphatic carbocycles. The number of amides is 2. The van der Waals surface area contributed by atoms with Crippen LogP contribution in [0, 0.1) is 0 Å². The van der Waals surface area contributed by atoms with Crippen LogP contribution < -0.4 is 9.80 Å². The quantitative estimate of drug-likeness (QED) is 0.397. The van der Waals surface area contributed by atoms with Crippen LogP contribution in [0.2, 0.25) is 0 Å². The van der Waals surface area contributed by atoms with E-state index in [1.807, 2.05) is 65.6 Å². The molecule has 1 unspecified atom stereocenters. The van der Waals surface area contributed by atoms with Crippen molar-refractivity contribution in [1.29, 1.82) is 0 Å². The predicted molar refractivity (Wildman–Crippen MR) is 129 cm³/mol. The normalized spacial score (nSPS) is 17.2. The van der Waals surface area contributed by atoms with Crippen molar-refractivity contribution in [3.8, 4) is 11.4 Å². The van der Waals surface area contributed by atoms with Gasteiger partial charge in [-0.25, -0.2) is 14.8 Å². The lowest BCUT2D eigenvalue weighted by Crippen LogP contribution is -2.52. The van der Waals surface area contributed by atoms with Crippen molar-refractivity contribution in [3.05, 3.63) is 72.4 Å². The van der Waals surface area contributed by atoms with Gasteiger partial charge in [0.2, 0.25) is 0 Å². The van der Waals surface area contributed by atoms with Crippen molar-refractivity contribution in [2.45, 2.75) is 25.6 Å². The Labute approximate surface area is 198 Å². The zero-order chi connectivity index (χ0) is 23.3. The van der Waals surface area contributed by atoms with E-state index in [0.717, 1.165) is 30.3 Å². The van der Waals surface area contributed by atoms with Crippen LogP contribution in [0.5, 0.6) is 0 Å². The molecule has 3 aromatic rings. The van der Waals surface area contributed by atoms with E-state index in [4.69, 9.17) is 9.72 Å². The standard InChI is InChI=1S/C26H27N5O3/c32-18-23-30(15-16-34-19-20-9-3-1-4-10-20)25-22(31(23)26(33)29-13-7-8-14-29)17-27-24(28-25)21-11-5-2-6-12-21/h1-6,9-12,17-18,23H,7-8,13-16,19H2. The molecule has 0 N–H and O–H groups in total. The first-order valence-electron chi connectivity index (χ1n) is 11.6. The van der Waals surface area contributed by atoms with Gasteiger partial charge in [0.25, 0.3) is 0 Å². The van der Waals surface area contributed by atoms with Gasteiger partial charge in [-0.05, 0) is 18.4 Å². The van der Waals surface area contributed by atoms with Crippen LogP contribution in [0.1, 0.15) is 18.4 Å². The fourth-order valence-electron chi connectivity index (χ4n) is 4.46. The maximum Gasteiger partial charge on any atom is 0.326 e. The lowest BCUT2D eigenvalue weighted by molar-refractivity contribution is -0.108. The summed E-state index contributed by atoms with van der Waals surface area (Å²) in [6.07, 6.45) is 3.61. The predicted octanol–water partition coefficient (Wildman–Crippen LogP) is 3.73. The third-order valence-corrected chi connectivity index (χ3v) is 6.19. The van der Waals surface area contributed by atoms with Gasteiger partial charge in [-0.1, -0.05) is 60.7 Å². The Morgan fingerprint density at radius 3 is 2.44 bits per heavy atom. The topological polar surface area (TPSA) is 78.9 Å². The number of aldehydes is 1. The number of fused-ring (bicyclic) bond motifs is 1. The van der Waals surface area contributed by atoms with Crippen LogP contribution in [-0.2, 0) is 16.1 Å². The van der Waals surface area contributed by atoms with Gasteiger partial charge in [0.1, 0.15) is 5.69 Å². The molecule has 3 heterocycles. The number of aromatic nitrogens is 2. The third-order valence-electron chi connectivity index (χ3n) is 6.19. The van der Waals surface area contributed by atoms with Crippen LogP contribution in [0.3, 0.4) is 0 Å². The monoisotopic (exact) mass is 457 g/mol. The van der Waals surface area contributed by atoms with Gasteiger partial charge < -0.3 is 14.5 Å². The van der Waals surface area contributed by atoms with Crippen molar-refractivity contribution in [1.82, 2.24) is 14.9 Å². The smallest absolute Gasteiger partial charge is 0.326 e. The summed E-state index contributed by atoms with van der Waals surface area (Å²) in [4.78, 5) is 40.1. The molecule has 1 aromatic heterocycles. The number of rotatable bonds is 7. The van der Waals surface area contributed by atoms with E-state index in [9.17, 15) is 9.59 Å². The summed E-state index contributed by atoms with van der Waals surface area (Å²) in [7, 11) is 0. The highest BCUT2D eigenvalue weighted by atomic mass is 16.5. The van der Waals surface area contributed by atoms with Gasteiger partial charge in [-0.3, -0.25) is 9.69 Å². The molecule has 1 atom stereocenters. The summed E-state index contributed by atoms with van der Waals surface area (Å²) >= 11 is 0. The van der Waals surface area contributed by atoms with Crippen LogP contribution in [-0.4, -0.2) is 59.6 Å². The highest BCUT2D eigenvalue weighted by Crippen LogP contribution is 2.39. The number of hydrogen-bond acceptors (Lipinski definition) is 6. The molecule has 8 heteroatoms. The lowest BCUT2D eigenvalue weighted by Gasteiger charge is -2.29. The first-order valence-corrected chi connectivity index (χ1v) is 11.6. The molecule has 1 saturated heterocycles. The van der Waals surface area contributed by atoms with Gasteiger partial charge in [-0.15, -0.1) is 0 Å². The van der Waals surface area contributed by atoms with Gasteiger partial charge in [0.15, 0.2) is 24.1 Å². The summed E-state index contributed by atoms with van der Waals surface area (Å²) in [5, 5.41) is 0. The van der Waals surface area contributed by atoms with E-state index in [0.29, 0.717) is 50.2 Å². The molecule has 174 valence electrons. The summed E-state index contributed by atoms with van der Waals surface area (Å²) in [6.45, 7) is 2.66. The minimum Gasteiger partial charge on any atom is -0.375 e. The number of nitrogens with zero attached hydrogens (tertiary/aromatic N) is 5. The molecule has 1 fully saturated rings. The molecule has 5 rings (SSSR count). The van der Waals surface area contributed by atoms with Crippen LogP contribution >= 0.6 is 0 Å². The molecule has 0 spiro atoms. The van der Waals surface area contributed by atoms with Crippen molar-refractivity contribution >= 4 is 23.8 Å². The number of ether oxygens (including phenoxy) is 1. The zero-order valence-electron chi connectivity index (χ0n) is 18.9. The number of hydrogen-bond donors (Lipinski definition) is 0. The molecular formula is C26H27N5O3. The molecule has 2 aliphatic heterocycles. The summed E-state index contributed by atoms with van der Waals surface area (Å²) in [5.74, 6) is 1.12. The Bertz CT molecular complexity index is 1140. The largest absolute Gasteiger partial charge is 0.375 e. The molecular weight excluding hydrogens is 430 g/mol. The molecule has 34 heavy (non-hydrogen) atoms. The van der Waals surface area contributed by atoms with E-state index in [-0.39, 0.29) is 6.03 Å². The molecule has 2 amide bonds. The highest BCUT2D eigenvalue weighted by Gasteiger charge is 2.43. The van der Waals surface area contributed by atoms with Crippen LogP contribution in [0.4, 0.5) is 16.3 Å². The van der Waals surface area contributed by atoms with Crippen LogP contribution in [0.15, 0.2) is 66.9 Å². The summed E-state index contributed by atoms with van der Waals surface area (Å²) in [5.41, 5.74) is 2.50. The molecule has 2 aliphatic rings. The second-order valence-corrected chi connectivity index (χ2v) is 8.40. The SMILES string of the molecule is O=CC1N(CCOCc2ccccc2)c2nc(-c3ccccc3)ncc2N1C(=O)N1CCCC1. The summed E-state index contributed by atoms with van der Waals surface area (Å²) < 4.78 is 5.89. The minimum absolute atomic E-state index is 0.181. The Kier molecular flexibility index (Phi) is 6.49. The number of urea groups is 1. The fraction of sp³-hybridized carbons (Fsp3) is 0.308. The van der Waals surface area contributed by atoms with Gasteiger partial charge in [0, 0.05) is 25.2 Å².